The molecule has 25 heavy (non-hydrogen) atoms. The topological polar surface area (TPSA) is 85.8 Å². The smallest absolute Gasteiger partial charge is 0.227 e. The number of nitrogens with two attached hydrogens (primary N) is 1. The lowest BCUT2D eigenvalue weighted by atomic mass is 9.96. The highest BCUT2D eigenvalue weighted by molar-refractivity contribution is 5.38. The SMILES string of the molecule is Nc1ccnc(N2CCC(c3nccn3Cc3cccnc3)CC2)n1. The van der Waals surface area contributed by atoms with Crippen LogP contribution in [-0.2, 0) is 6.54 Å². The van der Waals surface area contributed by atoms with Crippen molar-refractivity contribution in [2.24, 2.45) is 0 Å². The molecule has 128 valence electrons. The Morgan fingerprint density at radius 2 is 1.96 bits per heavy atom. The Morgan fingerprint density at radius 1 is 1.08 bits per heavy atom. The molecule has 7 nitrogen and oxygen atoms in total. The van der Waals surface area contributed by atoms with Crippen LogP contribution < -0.4 is 10.6 Å². The fourth-order valence-corrected chi connectivity index (χ4v) is 3.35. The maximum Gasteiger partial charge on any atom is 0.227 e. The second kappa shape index (κ2) is 6.88. The van der Waals surface area contributed by atoms with E-state index in [0.717, 1.165) is 44.2 Å². The maximum absolute atomic E-state index is 5.77. The predicted molar refractivity (Wildman–Crippen MR) is 96.2 cm³/mol. The molecule has 0 bridgehead atoms. The molecule has 7 heteroatoms. The minimum atomic E-state index is 0.448. The molecule has 4 heterocycles. The number of aromatic nitrogens is 5. The fraction of sp³-hybridized carbons (Fsp3) is 0.333. The molecule has 0 amide bonds. The van der Waals surface area contributed by atoms with E-state index in [1.165, 1.54) is 5.56 Å². The van der Waals surface area contributed by atoms with Crippen molar-refractivity contribution in [3.8, 4) is 0 Å². The molecule has 1 aliphatic rings. The lowest BCUT2D eigenvalue weighted by Crippen LogP contribution is -2.35. The Bertz CT molecular complexity index is 822. The molecule has 1 aliphatic heterocycles. The Morgan fingerprint density at radius 3 is 2.72 bits per heavy atom. The fourth-order valence-electron chi connectivity index (χ4n) is 3.35. The molecule has 2 N–H and O–H groups in total. The second-order valence-corrected chi connectivity index (χ2v) is 6.32. The molecule has 0 unspecified atom stereocenters. The van der Waals surface area contributed by atoms with Gasteiger partial charge in [0.25, 0.3) is 0 Å². The summed E-state index contributed by atoms with van der Waals surface area (Å²) >= 11 is 0. The number of hydrogen-bond acceptors (Lipinski definition) is 6. The number of nitrogens with zero attached hydrogens (tertiary/aromatic N) is 6. The van der Waals surface area contributed by atoms with Gasteiger partial charge in [-0.15, -0.1) is 0 Å². The van der Waals surface area contributed by atoms with Gasteiger partial charge in [-0.25, -0.2) is 9.97 Å². The summed E-state index contributed by atoms with van der Waals surface area (Å²) in [4.78, 5) is 19.7. The molecule has 0 aromatic carbocycles. The second-order valence-electron chi connectivity index (χ2n) is 6.32. The molecular formula is C18H21N7. The van der Waals surface area contributed by atoms with Gasteiger partial charge in [-0.05, 0) is 30.5 Å². The van der Waals surface area contributed by atoms with Crippen molar-refractivity contribution in [2.75, 3.05) is 23.7 Å². The molecule has 3 aromatic heterocycles. The molecule has 0 atom stereocenters. The molecular weight excluding hydrogens is 314 g/mol. The molecule has 1 saturated heterocycles. The summed E-state index contributed by atoms with van der Waals surface area (Å²) in [5.41, 5.74) is 6.95. The van der Waals surface area contributed by atoms with E-state index in [0.29, 0.717) is 11.7 Å². The van der Waals surface area contributed by atoms with E-state index in [2.05, 4.69) is 41.7 Å². The van der Waals surface area contributed by atoms with E-state index in [9.17, 15) is 0 Å². The van der Waals surface area contributed by atoms with Crippen molar-refractivity contribution in [2.45, 2.75) is 25.3 Å². The summed E-state index contributed by atoms with van der Waals surface area (Å²) in [7, 11) is 0. The van der Waals surface area contributed by atoms with Crippen LogP contribution in [0.1, 0.15) is 30.1 Å². The number of piperidine rings is 1. The van der Waals surface area contributed by atoms with Crippen LogP contribution in [0.4, 0.5) is 11.8 Å². The van der Waals surface area contributed by atoms with Crippen LogP contribution >= 0.6 is 0 Å². The summed E-state index contributed by atoms with van der Waals surface area (Å²) in [6, 6.07) is 5.78. The van der Waals surface area contributed by atoms with Crippen molar-refractivity contribution in [1.82, 2.24) is 24.5 Å². The number of nitrogen functional groups attached to an aromatic ring is 1. The first kappa shape index (κ1) is 15.6. The van der Waals surface area contributed by atoms with Gasteiger partial charge in [-0.3, -0.25) is 4.98 Å². The molecule has 4 rings (SSSR count). The standard InChI is InChI=1S/C18H21N7/c19-16-3-7-22-18(23-16)24-9-4-15(5-10-24)17-21-8-11-25(17)13-14-2-1-6-20-12-14/h1-3,6-8,11-12,15H,4-5,9-10,13H2,(H2,19,22,23). The summed E-state index contributed by atoms with van der Waals surface area (Å²) in [6.07, 6.45) is 11.4. The van der Waals surface area contributed by atoms with E-state index in [-0.39, 0.29) is 0 Å². The predicted octanol–water partition coefficient (Wildman–Crippen LogP) is 2.08. The first-order valence-corrected chi connectivity index (χ1v) is 8.53. The van der Waals surface area contributed by atoms with Gasteiger partial charge in [0.05, 0.1) is 6.54 Å². The average Bonchev–Trinajstić information content (AvgIpc) is 3.11. The lowest BCUT2D eigenvalue weighted by Gasteiger charge is -2.32. The highest BCUT2D eigenvalue weighted by Gasteiger charge is 2.25. The zero-order valence-electron chi connectivity index (χ0n) is 14.0. The number of pyridine rings is 1. The number of hydrogen-bond donors (Lipinski definition) is 1. The monoisotopic (exact) mass is 335 g/mol. The summed E-state index contributed by atoms with van der Waals surface area (Å²) in [6.45, 7) is 2.63. The summed E-state index contributed by atoms with van der Waals surface area (Å²) in [5, 5.41) is 0. The van der Waals surface area contributed by atoms with Gasteiger partial charge in [-0.1, -0.05) is 6.07 Å². The van der Waals surface area contributed by atoms with Gasteiger partial charge in [0.1, 0.15) is 11.6 Å². The molecule has 0 aliphatic carbocycles. The van der Waals surface area contributed by atoms with Crippen LogP contribution in [-0.4, -0.2) is 37.6 Å². The minimum Gasteiger partial charge on any atom is -0.384 e. The Balaban J connectivity index is 1.44. The van der Waals surface area contributed by atoms with Crippen LogP contribution in [0, 0.1) is 0 Å². The van der Waals surface area contributed by atoms with Crippen LogP contribution in [0.3, 0.4) is 0 Å². The Labute approximate surface area is 146 Å². The van der Waals surface area contributed by atoms with Crippen molar-refractivity contribution < 1.29 is 0 Å². The van der Waals surface area contributed by atoms with Gasteiger partial charge in [0.2, 0.25) is 5.95 Å². The summed E-state index contributed by atoms with van der Waals surface area (Å²) in [5.74, 6) is 2.83. The normalized spacial score (nSPS) is 15.4. The molecule has 1 fully saturated rings. The largest absolute Gasteiger partial charge is 0.384 e. The molecule has 0 radical (unpaired) electrons. The third-order valence-corrected chi connectivity index (χ3v) is 4.63. The first-order valence-electron chi connectivity index (χ1n) is 8.53. The Hall–Kier alpha value is -2.96. The van der Waals surface area contributed by atoms with E-state index in [1.54, 1.807) is 18.5 Å². The minimum absolute atomic E-state index is 0.448. The van der Waals surface area contributed by atoms with Gasteiger partial charge in [-0.2, -0.15) is 4.98 Å². The van der Waals surface area contributed by atoms with Crippen LogP contribution in [0.5, 0.6) is 0 Å². The molecule has 0 spiro atoms. The first-order chi connectivity index (χ1) is 12.3. The third-order valence-electron chi connectivity index (χ3n) is 4.63. The van der Waals surface area contributed by atoms with Gasteiger partial charge < -0.3 is 15.2 Å². The lowest BCUT2D eigenvalue weighted by molar-refractivity contribution is 0.466. The number of anilines is 2. The summed E-state index contributed by atoms with van der Waals surface area (Å²) < 4.78 is 2.23. The highest BCUT2D eigenvalue weighted by atomic mass is 15.3. The van der Waals surface area contributed by atoms with E-state index >= 15 is 0 Å². The van der Waals surface area contributed by atoms with Crippen LogP contribution in [0.15, 0.2) is 49.2 Å². The van der Waals surface area contributed by atoms with Crippen molar-refractivity contribution in [3.63, 3.8) is 0 Å². The molecule has 3 aromatic rings. The van der Waals surface area contributed by atoms with Gasteiger partial charge in [0.15, 0.2) is 0 Å². The van der Waals surface area contributed by atoms with E-state index in [1.807, 2.05) is 18.5 Å². The van der Waals surface area contributed by atoms with Crippen molar-refractivity contribution in [1.29, 1.82) is 0 Å². The maximum atomic E-state index is 5.77. The van der Waals surface area contributed by atoms with Gasteiger partial charge >= 0.3 is 0 Å². The van der Waals surface area contributed by atoms with E-state index < -0.39 is 0 Å². The van der Waals surface area contributed by atoms with Crippen LogP contribution in [0.2, 0.25) is 0 Å². The quantitative estimate of drug-likeness (QED) is 0.786. The van der Waals surface area contributed by atoms with Gasteiger partial charge in [0, 0.05) is 50.0 Å². The number of rotatable bonds is 4. The zero-order valence-corrected chi connectivity index (χ0v) is 14.0. The average molecular weight is 335 g/mol. The van der Waals surface area contributed by atoms with Crippen molar-refractivity contribution in [3.05, 3.63) is 60.6 Å². The van der Waals surface area contributed by atoms with Crippen molar-refractivity contribution >= 4 is 11.8 Å². The number of imidazole rings is 1. The third kappa shape index (κ3) is 3.45. The van der Waals surface area contributed by atoms with Crippen LogP contribution in [0.25, 0.3) is 0 Å². The Kier molecular flexibility index (Phi) is 4.28. The molecule has 0 saturated carbocycles. The highest BCUT2D eigenvalue weighted by Crippen LogP contribution is 2.28. The van der Waals surface area contributed by atoms with E-state index in [4.69, 9.17) is 5.73 Å². The zero-order chi connectivity index (χ0) is 17.1.